The first-order chi connectivity index (χ1) is 8.61. The molecular weight excluding hydrogens is 234 g/mol. The van der Waals surface area contributed by atoms with Crippen molar-refractivity contribution in [3.63, 3.8) is 0 Å². The van der Waals surface area contributed by atoms with E-state index in [0.717, 1.165) is 6.42 Å². The third kappa shape index (κ3) is 2.60. The highest BCUT2D eigenvalue weighted by Gasteiger charge is 2.40. The number of nitrogens with one attached hydrogen (secondary N) is 2. The molecule has 1 fully saturated rings. The standard InChI is InChI=1S/C12H17N3O3/c1-2-18-9-6-7(13)11(9)15-12(17)8-4-3-5-10(16)14-8/h3-5,7,9,11H,2,6,13H2,1H3,(H,14,16)(H,15,17). The molecule has 0 saturated heterocycles. The SMILES string of the molecule is CCOC1CC(N)C1NC(=O)c1cccc(=O)[nH]1. The Morgan fingerprint density at radius 1 is 1.61 bits per heavy atom. The van der Waals surface area contributed by atoms with Crippen molar-refractivity contribution in [1.29, 1.82) is 0 Å². The number of nitrogens with two attached hydrogens (primary N) is 1. The third-order valence-corrected chi connectivity index (χ3v) is 3.06. The van der Waals surface area contributed by atoms with Gasteiger partial charge in [0.05, 0.1) is 12.1 Å². The predicted octanol–water partition coefficient (Wildman–Crippen LogP) is -0.391. The van der Waals surface area contributed by atoms with Crippen molar-refractivity contribution in [2.45, 2.75) is 31.5 Å². The number of rotatable bonds is 4. The van der Waals surface area contributed by atoms with Crippen LogP contribution < -0.4 is 16.6 Å². The van der Waals surface area contributed by atoms with E-state index in [1.54, 1.807) is 6.07 Å². The maximum Gasteiger partial charge on any atom is 0.268 e. The van der Waals surface area contributed by atoms with Crippen molar-refractivity contribution in [1.82, 2.24) is 10.3 Å². The highest BCUT2D eigenvalue weighted by atomic mass is 16.5. The molecule has 1 aliphatic carbocycles. The van der Waals surface area contributed by atoms with E-state index < -0.39 is 0 Å². The quantitative estimate of drug-likeness (QED) is 0.679. The minimum atomic E-state index is -0.336. The van der Waals surface area contributed by atoms with Gasteiger partial charge in [-0.05, 0) is 19.4 Å². The summed E-state index contributed by atoms with van der Waals surface area (Å²) in [7, 11) is 0. The fraction of sp³-hybridized carbons (Fsp3) is 0.500. The minimum absolute atomic E-state index is 0.0376. The summed E-state index contributed by atoms with van der Waals surface area (Å²) in [5.41, 5.74) is 5.76. The topological polar surface area (TPSA) is 97.2 Å². The molecule has 1 aromatic rings. The Balaban J connectivity index is 2.01. The molecule has 1 heterocycles. The second-order valence-electron chi connectivity index (χ2n) is 4.32. The van der Waals surface area contributed by atoms with Crippen LogP contribution in [0.1, 0.15) is 23.8 Å². The molecule has 6 nitrogen and oxygen atoms in total. The smallest absolute Gasteiger partial charge is 0.268 e. The molecule has 0 aliphatic heterocycles. The normalized spacial score (nSPS) is 26.4. The van der Waals surface area contributed by atoms with Crippen LogP contribution in [0, 0.1) is 0 Å². The molecule has 4 N–H and O–H groups in total. The summed E-state index contributed by atoms with van der Waals surface area (Å²) in [4.78, 5) is 25.5. The van der Waals surface area contributed by atoms with Crippen LogP contribution in [0.5, 0.6) is 0 Å². The zero-order valence-electron chi connectivity index (χ0n) is 10.2. The third-order valence-electron chi connectivity index (χ3n) is 3.06. The van der Waals surface area contributed by atoms with Gasteiger partial charge in [0.25, 0.3) is 5.91 Å². The average Bonchev–Trinajstić information content (AvgIpc) is 2.35. The Hall–Kier alpha value is -1.66. The van der Waals surface area contributed by atoms with Gasteiger partial charge < -0.3 is 20.8 Å². The molecule has 1 aromatic heterocycles. The van der Waals surface area contributed by atoms with Crippen LogP contribution in [-0.4, -0.2) is 35.7 Å². The summed E-state index contributed by atoms with van der Waals surface area (Å²) < 4.78 is 5.45. The first-order valence-corrected chi connectivity index (χ1v) is 5.99. The molecule has 0 aromatic carbocycles. The van der Waals surface area contributed by atoms with Crippen LogP contribution in [0.2, 0.25) is 0 Å². The van der Waals surface area contributed by atoms with E-state index in [0.29, 0.717) is 6.61 Å². The zero-order valence-corrected chi connectivity index (χ0v) is 10.2. The van der Waals surface area contributed by atoms with E-state index in [9.17, 15) is 9.59 Å². The molecule has 98 valence electrons. The predicted molar refractivity (Wildman–Crippen MR) is 66.3 cm³/mol. The van der Waals surface area contributed by atoms with Gasteiger partial charge in [-0.3, -0.25) is 9.59 Å². The molecule has 1 saturated carbocycles. The number of aromatic nitrogens is 1. The van der Waals surface area contributed by atoms with E-state index >= 15 is 0 Å². The number of H-pyrrole nitrogens is 1. The zero-order chi connectivity index (χ0) is 13.1. The maximum absolute atomic E-state index is 11.9. The van der Waals surface area contributed by atoms with Gasteiger partial charge in [0.1, 0.15) is 5.69 Å². The number of aromatic amines is 1. The van der Waals surface area contributed by atoms with Crippen LogP contribution in [0.4, 0.5) is 0 Å². The number of carbonyl (C=O) groups is 1. The van der Waals surface area contributed by atoms with Crippen molar-refractivity contribution in [2.24, 2.45) is 5.73 Å². The van der Waals surface area contributed by atoms with E-state index in [1.165, 1.54) is 12.1 Å². The lowest BCUT2D eigenvalue weighted by atomic mass is 9.83. The number of ether oxygens (including phenoxy) is 1. The summed E-state index contributed by atoms with van der Waals surface area (Å²) >= 11 is 0. The van der Waals surface area contributed by atoms with Gasteiger partial charge in [-0.2, -0.15) is 0 Å². The second-order valence-corrected chi connectivity index (χ2v) is 4.32. The van der Waals surface area contributed by atoms with Gasteiger partial charge in [0.2, 0.25) is 5.56 Å². The molecule has 1 aliphatic rings. The molecule has 3 unspecified atom stereocenters. The molecule has 18 heavy (non-hydrogen) atoms. The van der Waals surface area contributed by atoms with Crippen molar-refractivity contribution in [2.75, 3.05) is 6.61 Å². The van der Waals surface area contributed by atoms with Crippen molar-refractivity contribution < 1.29 is 9.53 Å². The summed E-state index contributed by atoms with van der Waals surface area (Å²) in [6.45, 7) is 2.49. The summed E-state index contributed by atoms with van der Waals surface area (Å²) in [6, 6.07) is 4.15. The monoisotopic (exact) mass is 251 g/mol. The van der Waals surface area contributed by atoms with Crippen molar-refractivity contribution >= 4 is 5.91 Å². The van der Waals surface area contributed by atoms with Crippen LogP contribution in [0.3, 0.4) is 0 Å². The molecule has 0 bridgehead atoms. The first-order valence-electron chi connectivity index (χ1n) is 5.99. The highest BCUT2D eigenvalue weighted by molar-refractivity contribution is 5.92. The highest BCUT2D eigenvalue weighted by Crippen LogP contribution is 2.22. The number of carbonyl (C=O) groups excluding carboxylic acids is 1. The second kappa shape index (κ2) is 5.32. The van der Waals surface area contributed by atoms with Gasteiger partial charge >= 0.3 is 0 Å². The number of amides is 1. The Labute approximate surface area is 105 Å². The van der Waals surface area contributed by atoms with Gasteiger partial charge in [0, 0.05) is 18.7 Å². The number of hydrogen-bond acceptors (Lipinski definition) is 4. The van der Waals surface area contributed by atoms with Crippen LogP contribution in [0.25, 0.3) is 0 Å². The van der Waals surface area contributed by atoms with Crippen LogP contribution in [0.15, 0.2) is 23.0 Å². The van der Waals surface area contributed by atoms with Gasteiger partial charge in [0.15, 0.2) is 0 Å². The fourth-order valence-electron chi connectivity index (χ4n) is 2.04. The Morgan fingerprint density at radius 3 is 3.00 bits per heavy atom. The fourth-order valence-corrected chi connectivity index (χ4v) is 2.04. The number of pyridine rings is 1. The Morgan fingerprint density at radius 2 is 2.39 bits per heavy atom. The van der Waals surface area contributed by atoms with Crippen molar-refractivity contribution in [3.8, 4) is 0 Å². The number of hydrogen-bond donors (Lipinski definition) is 3. The lowest BCUT2D eigenvalue weighted by molar-refractivity contribution is -0.0300. The maximum atomic E-state index is 11.9. The minimum Gasteiger partial charge on any atom is -0.376 e. The molecule has 1 amide bonds. The molecular formula is C12H17N3O3. The summed E-state index contributed by atoms with van der Waals surface area (Å²) in [6.07, 6.45) is 0.703. The van der Waals surface area contributed by atoms with Gasteiger partial charge in [-0.25, -0.2) is 0 Å². The lowest BCUT2D eigenvalue weighted by Gasteiger charge is -2.42. The Kier molecular flexibility index (Phi) is 3.78. The van der Waals surface area contributed by atoms with Crippen molar-refractivity contribution in [3.05, 3.63) is 34.2 Å². The van der Waals surface area contributed by atoms with E-state index in [-0.39, 0.29) is 35.3 Å². The molecule has 0 radical (unpaired) electrons. The van der Waals surface area contributed by atoms with Crippen LogP contribution >= 0.6 is 0 Å². The molecule has 2 rings (SSSR count). The van der Waals surface area contributed by atoms with Gasteiger partial charge in [-0.15, -0.1) is 0 Å². The first kappa shape index (κ1) is 12.8. The van der Waals surface area contributed by atoms with E-state index in [1.807, 2.05) is 6.92 Å². The molecule has 3 atom stereocenters. The Bertz CT molecular complexity index is 483. The van der Waals surface area contributed by atoms with Gasteiger partial charge in [-0.1, -0.05) is 6.07 Å². The molecule has 6 heteroatoms. The van der Waals surface area contributed by atoms with Crippen LogP contribution in [-0.2, 0) is 4.74 Å². The average molecular weight is 251 g/mol. The summed E-state index contributed by atoms with van der Waals surface area (Å²) in [5, 5.41) is 2.79. The summed E-state index contributed by atoms with van der Waals surface area (Å²) in [5.74, 6) is -0.336. The lowest BCUT2D eigenvalue weighted by Crippen LogP contribution is -2.64. The van der Waals surface area contributed by atoms with E-state index in [4.69, 9.17) is 10.5 Å². The molecule has 0 spiro atoms. The largest absolute Gasteiger partial charge is 0.376 e. The van der Waals surface area contributed by atoms with E-state index in [2.05, 4.69) is 10.3 Å².